The van der Waals surface area contributed by atoms with Gasteiger partial charge in [-0.1, -0.05) is 12.1 Å². The molecule has 1 aromatic carbocycles. The van der Waals surface area contributed by atoms with Gasteiger partial charge in [-0.15, -0.1) is 5.10 Å². The molecule has 2 heterocycles. The number of carbonyl (C=O) groups excluding carboxylic acids is 1. The minimum absolute atomic E-state index is 0.135. The van der Waals surface area contributed by atoms with Crippen molar-refractivity contribution in [1.82, 2.24) is 19.6 Å². The molecule has 10 heteroatoms. The van der Waals surface area contributed by atoms with E-state index >= 15 is 0 Å². The zero-order valence-electron chi connectivity index (χ0n) is 13.9. The Hall–Kier alpha value is -3.69. The molecule has 0 aliphatic heterocycles. The number of hydrogen-bond donors (Lipinski definition) is 1. The molecule has 0 bridgehead atoms. The summed E-state index contributed by atoms with van der Waals surface area (Å²) in [5, 5.41) is 21.7. The number of amides is 1. The van der Waals surface area contributed by atoms with Gasteiger partial charge in [-0.25, -0.2) is 0 Å². The van der Waals surface area contributed by atoms with Crippen LogP contribution in [0.25, 0.3) is 0 Å². The molecule has 1 N–H and O–H groups in total. The molecule has 0 atom stereocenters. The Morgan fingerprint density at radius 3 is 2.85 bits per heavy atom. The SMILES string of the molecule is COc1nn(CC(=O)Nc2cccc(Cn3cccn3)c2)cc1[N+](=O)[O-]. The first kappa shape index (κ1) is 17.1. The van der Waals surface area contributed by atoms with Crippen LogP contribution in [0.1, 0.15) is 5.56 Å². The van der Waals surface area contributed by atoms with Crippen LogP contribution in [-0.4, -0.2) is 37.5 Å². The zero-order valence-corrected chi connectivity index (χ0v) is 13.9. The molecular weight excluding hydrogens is 340 g/mol. The summed E-state index contributed by atoms with van der Waals surface area (Å²) in [6, 6.07) is 9.20. The van der Waals surface area contributed by atoms with Crippen molar-refractivity contribution in [2.45, 2.75) is 13.1 Å². The number of benzene rings is 1. The van der Waals surface area contributed by atoms with Crippen molar-refractivity contribution >= 4 is 17.3 Å². The van der Waals surface area contributed by atoms with Crippen LogP contribution in [0.2, 0.25) is 0 Å². The van der Waals surface area contributed by atoms with Gasteiger partial charge in [-0.3, -0.25) is 24.3 Å². The second-order valence-electron chi connectivity index (χ2n) is 5.43. The summed E-state index contributed by atoms with van der Waals surface area (Å²) in [4.78, 5) is 22.5. The van der Waals surface area contributed by atoms with E-state index in [1.165, 1.54) is 11.8 Å². The molecule has 26 heavy (non-hydrogen) atoms. The lowest BCUT2D eigenvalue weighted by Crippen LogP contribution is -2.19. The van der Waals surface area contributed by atoms with E-state index in [1.807, 2.05) is 30.5 Å². The quantitative estimate of drug-likeness (QED) is 0.508. The predicted molar refractivity (Wildman–Crippen MR) is 91.8 cm³/mol. The van der Waals surface area contributed by atoms with Gasteiger partial charge in [-0.05, 0) is 23.8 Å². The Kier molecular flexibility index (Phi) is 4.92. The summed E-state index contributed by atoms with van der Waals surface area (Å²) in [6.45, 7) is 0.410. The molecule has 0 saturated carbocycles. The first-order chi connectivity index (χ1) is 12.5. The van der Waals surface area contributed by atoms with E-state index in [-0.39, 0.29) is 24.0 Å². The van der Waals surface area contributed by atoms with Crippen molar-refractivity contribution in [3.63, 3.8) is 0 Å². The first-order valence-electron chi connectivity index (χ1n) is 7.67. The summed E-state index contributed by atoms with van der Waals surface area (Å²) in [5.74, 6) is -0.495. The van der Waals surface area contributed by atoms with Gasteiger partial charge in [0.1, 0.15) is 12.7 Å². The molecule has 0 fully saturated rings. The Labute approximate surface area is 148 Å². The van der Waals surface area contributed by atoms with Gasteiger partial charge in [0, 0.05) is 18.1 Å². The maximum absolute atomic E-state index is 12.2. The number of anilines is 1. The summed E-state index contributed by atoms with van der Waals surface area (Å²) >= 11 is 0. The maximum atomic E-state index is 12.2. The third-order valence-electron chi connectivity index (χ3n) is 3.52. The zero-order chi connectivity index (χ0) is 18.5. The Balaban J connectivity index is 1.66. The summed E-state index contributed by atoms with van der Waals surface area (Å²) < 4.78 is 7.78. The highest BCUT2D eigenvalue weighted by Crippen LogP contribution is 2.23. The summed E-state index contributed by atoms with van der Waals surface area (Å²) in [6.07, 6.45) is 4.71. The average Bonchev–Trinajstić information content (AvgIpc) is 3.24. The molecule has 0 spiro atoms. The topological polar surface area (TPSA) is 117 Å². The number of nitro groups is 1. The van der Waals surface area contributed by atoms with Crippen LogP contribution in [0.15, 0.2) is 48.9 Å². The van der Waals surface area contributed by atoms with Crippen molar-refractivity contribution in [2.75, 3.05) is 12.4 Å². The monoisotopic (exact) mass is 356 g/mol. The fraction of sp³-hybridized carbons (Fsp3) is 0.188. The van der Waals surface area contributed by atoms with Gasteiger partial charge in [-0.2, -0.15) is 5.10 Å². The molecule has 10 nitrogen and oxygen atoms in total. The molecule has 134 valence electrons. The Morgan fingerprint density at radius 1 is 1.35 bits per heavy atom. The minimum Gasteiger partial charge on any atom is -0.475 e. The van der Waals surface area contributed by atoms with E-state index in [2.05, 4.69) is 15.5 Å². The van der Waals surface area contributed by atoms with Crippen molar-refractivity contribution in [3.8, 4) is 5.88 Å². The lowest BCUT2D eigenvalue weighted by molar-refractivity contribution is -0.385. The van der Waals surface area contributed by atoms with Crippen molar-refractivity contribution in [1.29, 1.82) is 0 Å². The van der Waals surface area contributed by atoms with Crippen LogP contribution < -0.4 is 10.1 Å². The molecular formula is C16H16N6O4. The van der Waals surface area contributed by atoms with Crippen LogP contribution in [0.5, 0.6) is 5.88 Å². The van der Waals surface area contributed by atoms with Crippen molar-refractivity contribution in [2.24, 2.45) is 0 Å². The van der Waals surface area contributed by atoms with Gasteiger partial charge < -0.3 is 10.1 Å². The number of ether oxygens (including phenoxy) is 1. The second-order valence-corrected chi connectivity index (χ2v) is 5.43. The van der Waals surface area contributed by atoms with E-state index in [0.29, 0.717) is 12.2 Å². The average molecular weight is 356 g/mol. The highest BCUT2D eigenvalue weighted by molar-refractivity contribution is 5.90. The molecule has 2 aromatic heterocycles. The smallest absolute Gasteiger partial charge is 0.350 e. The van der Waals surface area contributed by atoms with Crippen LogP contribution in [0.4, 0.5) is 11.4 Å². The normalized spacial score (nSPS) is 10.5. The number of methoxy groups -OCH3 is 1. The molecule has 0 saturated heterocycles. The number of hydrogen-bond acceptors (Lipinski definition) is 6. The van der Waals surface area contributed by atoms with Gasteiger partial charge in [0.25, 0.3) is 0 Å². The molecule has 3 aromatic rings. The number of aromatic nitrogens is 4. The van der Waals surface area contributed by atoms with Gasteiger partial charge in [0.2, 0.25) is 5.91 Å². The Morgan fingerprint density at radius 2 is 2.19 bits per heavy atom. The van der Waals surface area contributed by atoms with E-state index in [1.54, 1.807) is 16.9 Å². The summed E-state index contributed by atoms with van der Waals surface area (Å²) in [5.41, 5.74) is 1.30. The van der Waals surface area contributed by atoms with E-state index in [0.717, 1.165) is 11.8 Å². The van der Waals surface area contributed by atoms with Gasteiger partial charge in [0.15, 0.2) is 0 Å². The van der Waals surface area contributed by atoms with Crippen LogP contribution in [-0.2, 0) is 17.9 Å². The third-order valence-corrected chi connectivity index (χ3v) is 3.52. The lowest BCUT2D eigenvalue weighted by atomic mass is 10.2. The molecule has 0 aliphatic rings. The summed E-state index contributed by atoms with van der Waals surface area (Å²) in [7, 11) is 1.28. The predicted octanol–water partition coefficient (Wildman–Crippen LogP) is 1.68. The highest BCUT2D eigenvalue weighted by Gasteiger charge is 2.21. The molecule has 3 rings (SSSR count). The minimum atomic E-state index is -0.612. The third kappa shape index (κ3) is 4.04. The van der Waals surface area contributed by atoms with Crippen LogP contribution >= 0.6 is 0 Å². The van der Waals surface area contributed by atoms with E-state index in [9.17, 15) is 14.9 Å². The number of carbonyl (C=O) groups is 1. The van der Waals surface area contributed by atoms with Gasteiger partial charge >= 0.3 is 11.6 Å². The highest BCUT2D eigenvalue weighted by atomic mass is 16.6. The van der Waals surface area contributed by atoms with Crippen LogP contribution in [0.3, 0.4) is 0 Å². The van der Waals surface area contributed by atoms with E-state index in [4.69, 9.17) is 4.74 Å². The number of nitrogens with zero attached hydrogens (tertiary/aromatic N) is 5. The fourth-order valence-corrected chi connectivity index (χ4v) is 2.42. The fourth-order valence-electron chi connectivity index (χ4n) is 2.42. The van der Waals surface area contributed by atoms with Gasteiger partial charge in [0.05, 0.1) is 18.6 Å². The van der Waals surface area contributed by atoms with Crippen molar-refractivity contribution in [3.05, 3.63) is 64.6 Å². The number of rotatable bonds is 7. The standard InChI is InChI=1S/C16H16N6O4/c1-26-16-14(22(24)25)10-21(19-16)11-15(23)18-13-5-2-4-12(8-13)9-20-7-3-6-17-20/h2-8,10H,9,11H2,1H3,(H,18,23). The van der Waals surface area contributed by atoms with Crippen LogP contribution in [0, 0.1) is 10.1 Å². The lowest BCUT2D eigenvalue weighted by Gasteiger charge is -2.08. The first-order valence-corrected chi connectivity index (χ1v) is 7.67. The van der Waals surface area contributed by atoms with Crippen molar-refractivity contribution < 1.29 is 14.5 Å². The molecule has 1 amide bonds. The number of nitrogens with one attached hydrogen (secondary N) is 1. The second kappa shape index (κ2) is 7.47. The Bertz CT molecular complexity index is 919. The largest absolute Gasteiger partial charge is 0.475 e. The maximum Gasteiger partial charge on any atom is 0.350 e. The molecule has 0 aliphatic carbocycles. The molecule has 0 unspecified atom stereocenters. The molecule has 0 radical (unpaired) electrons. The van der Waals surface area contributed by atoms with E-state index < -0.39 is 4.92 Å².